The van der Waals surface area contributed by atoms with Gasteiger partial charge in [0.1, 0.15) is 73.2 Å². The molecule has 3 aliphatic heterocycles. The van der Waals surface area contributed by atoms with Gasteiger partial charge in [-0.05, 0) is 57.8 Å². The normalized spacial score (nSPS) is 30.7. The van der Waals surface area contributed by atoms with Crippen LogP contribution in [0.5, 0.6) is 0 Å². The van der Waals surface area contributed by atoms with Crippen LogP contribution in [-0.4, -0.2) is 193 Å². The molecule has 3 heterocycles. The number of unbranched alkanes of at least 4 members (excludes halogenated alkanes) is 19. The number of rotatable bonds is 43. The minimum atomic E-state index is -1.98. The minimum Gasteiger partial charge on any atom is -0.394 e. The zero-order valence-corrected chi connectivity index (χ0v) is 47.6. The minimum absolute atomic E-state index is 0.231. The zero-order valence-electron chi connectivity index (χ0n) is 47.6. The van der Waals surface area contributed by atoms with Crippen LogP contribution in [0.2, 0.25) is 0 Å². The number of nitrogens with one attached hydrogen (secondary N) is 1. The van der Waals surface area contributed by atoms with E-state index in [4.69, 9.17) is 28.4 Å². The van der Waals surface area contributed by atoms with E-state index in [2.05, 4.69) is 67.8 Å². The van der Waals surface area contributed by atoms with Gasteiger partial charge in [-0.2, -0.15) is 0 Å². The molecule has 19 heteroatoms. The van der Waals surface area contributed by atoms with Gasteiger partial charge in [-0.15, -0.1) is 0 Å². The lowest BCUT2D eigenvalue weighted by Crippen LogP contribution is -2.66. The van der Waals surface area contributed by atoms with Crippen molar-refractivity contribution in [2.24, 2.45) is 0 Å². The number of hydrogen-bond acceptors (Lipinski definition) is 18. The third kappa shape index (κ3) is 27.2. The van der Waals surface area contributed by atoms with Crippen molar-refractivity contribution in [3.63, 3.8) is 0 Å². The second-order valence-corrected chi connectivity index (χ2v) is 21.4. The lowest BCUT2D eigenvalue weighted by Gasteiger charge is -2.48. The Balaban J connectivity index is 1.49. The Morgan fingerprint density at radius 3 is 1.37 bits per heavy atom. The standard InChI is InChI=1S/C60H105NO18/c1-3-5-7-9-11-13-15-17-18-19-20-21-22-23-24-26-28-30-32-34-36-38-48(66)61-43(44(65)37-35-33-31-29-27-25-16-14-12-10-8-6-4-2)42-74-58-54(72)51(69)56(46(40-63)76-58)79-60-55(73)52(70)57(47(41-64)77-60)78-59-53(71)50(68)49(67)45(39-62)75-59/h5,7,11,13,17-18,20-21,35,37,43-47,49-60,62-65,67-73H,3-4,6,8-10,12,14-16,19,22-34,36,38-42H2,1-2H3,(H,61,66)/b7-5-,13-11-,18-17-,21-20-,37-35+. The van der Waals surface area contributed by atoms with Gasteiger partial charge in [0, 0.05) is 6.42 Å². The number of aliphatic hydroxyl groups excluding tert-OH is 11. The lowest BCUT2D eigenvalue weighted by atomic mass is 9.96. The van der Waals surface area contributed by atoms with Gasteiger partial charge in [-0.1, -0.05) is 177 Å². The molecule has 0 aromatic heterocycles. The number of aliphatic hydroxyl groups is 11. The van der Waals surface area contributed by atoms with Crippen LogP contribution >= 0.6 is 0 Å². The SMILES string of the molecule is CC/C=C\C/C=C\C/C=C\C/C=C\CCCCCCCCCCC(=O)NC(COC1OC(CO)C(OC2OC(CO)C(OC3OC(CO)C(O)C(O)C3O)C(O)C2O)C(O)C1O)C(O)/C=C/CCCCCCCCCCCCC. The summed E-state index contributed by atoms with van der Waals surface area (Å²) in [7, 11) is 0. The van der Waals surface area contributed by atoms with Crippen LogP contribution in [0, 0.1) is 0 Å². The molecule has 0 saturated carbocycles. The number of hydrogen-bond donors (Lipinski definition) is 12. The van der Waals surface area contributed by atoms with Gasteiger partial charge in [0.25, 0.3) is 0 Å². The van der Waals surface area contributed by atoms with E-state index in [1.807, 2.05) is 6.08 Å². The molecule has 458 valence electrons. The Kier molecular flexibility index (Phi) is 38.7. The molecule has 0 aromatic rings. The number of carbonyl (C=O) groups excluding carboxylic acids is 1. The molecule has 0 aliphatic carbocycles. The van der Waals surface area contributed by atoms with Gasteiger partial charge in [-0.3, -0.25) is 4.79 Å². The first-order valence-corrected chi connectivity index (χ1v) is 30.0. The molecule has 17 atom stereocenters. The van der Waals surface area contributed by atoms with Crippen molar-refractivity contribution >= 4 is 5.91 Å². The molecule has 0 bridgehead atoms. The molecule has 3 rings (SSSR count). The van der Waals surface area contributed by atoms with Gasteiger partial charge < -0.3 is 89.9 Å². The maximum atomic E-state index is 13.3. The summed E-state index contributed by atoms with van der Waals surface area (Å²) in [6, 6.07) is -0.979. The summed E-state index contributed by atoms with van der Waals surface area (Å²) >= 11 is 0. The predicted octanol–water partition coefficient (Wildman–Crippen LogP) is 5.26. The van der Waals surface area contributed by atoms with Crippen LogP contribution in [0.3, 0.4) is 0 Å². The molecule has 3 saturated heterocycles. The fraction of sp³-hybridized carbons (Fsp3) is 0.817. The monoisotopic (exact) mass is 1130 g/mol. The van der Waals surface area contributed by atoms with Crippen molar-refractivity contribution in [3.05, 3.63) is 60.8 Å². The summed E-state index contributed by atoms with van der Waals surface area (Å²) in [6.07, 6.45) is 22.0. The van der Waals surface area contributed by atoms with Crippen LogP contribution in [0.1, 0.15) is 181 Å². The van der Waals surface area contributed by atoms with Gasteiger partial charge in [0.05, 0.1) is 38.6 Å². The smallest absolute Gasteiger partial charge is 0.220 e. The summed E-state index contributed by atoms with van der Waals surface area (Å²) in [4.78, 5) is 13.3. The Morgan fingerprint density at radius 2 is 0.873 bits per heavy atom. The van der Waals surface area contributed by atoms with Crippen LogP contribution in [0.15, 0.2) is 60.8 Å². The summed E-state index contributed by atoms with van der Waals surface area (Å²) in [5.41, 5.74) is 0. The molecule has 79 heavy (non-hydrogen) atoms. The van der Waals surface area contributed by atoms with E-state index in [1.54, 1.807) is 6.08 Å². The number of ether oxygens (including phenoxy) is 6. The van der Waals surface area contributed by atoms with Gasteiger partial charge in [0.15, 0.2) is 18.9 Å². The highest BCUT2D eigenvalue weighted by atomic mass is 16.8. The van der Waals surface area contributed by atoms with Crippen molar-refractivity contribution < 1.29 is 89.4 Å². The van der Waals surface area contributed by atoms with E-state index in [0.717, 1.165) is 83.5 Å². The summed E-state index contributed by atoms with van der Waals surface area (Å²) in [5.74, 6) is -0.288. The predicted molar refractivity (Wildman–Crippen MR) is 300 cm³/mol. The molecule has 3 aliphatic rings. The molecule has 19 nitrogen and oxygen atoms in total. The largest absolute Gasteiger partial charge is 0.394 e. The number of allylic oxidation sites excluding steroid dienone is 9. The second-order valence-electron chi connectivity index (χ2n) is 21.4. The Morgan fingerprint density at radius 1 is 0.468 bits per heavy atom. The third-order valence-corrected chi connectivity index (χ3v) is 14.8. The van der Waals surface area contributed by atoms with Crippen molar-refractivity contribution in [2.45, 2.75) is 285 Å². The van der Waals surface area contributed by atoms with Crippen LogP contribution < -0.4 is 5.32 Å². The first-order chi connectivity index (χ1) is 38.3. The first kappa shape index (κ1) is 70.8. The van der Waals surface area contributed by atoms with E-state index in [-0.39, 0.29) is 18.9 Å². The van der Waals surface area contributed by atoms with Crippen LogP contribution in [0.4, 0.5) is 0 Å². The van der Waals surface area contributed by atoms with Crippen molar-refractivity contribution in [1.82, 2.24) is 5.32 Å². The summed E-state index contributed by atoms with van der Waals surface area (Å²) in [6.45, 7) is 1.58. The Bertz CT molecular complexity index is 1680. The van der Waals surface area contributed by atoms with E-state index < -0.39 is 124 Å². The molecule has 17 unspecified atom stereocenters. The topological polar surface area (TPSA) is 307 Å². The quantitative estimate of drug-likeness (QED) is 0.0274. The van der Waals surface area contributed by atoms with Crippen LogP contribution in [-0.2, 0) is 33.2 Å². The van der Waals surface area contributed by atoms with Crippen molar-refractivity contribution in [1.29, 1.82) is 0 Å². The maximum absolute atomic E-state index is 13.3. The first-order valence-electron chi connectivity index (χ1n) is 30.0. The number of amides is 1. The highest BCUT2D eigenvalue weighted by Crippen LogP contribution is 2.33. The zero-order chi connectivity index (χ0) is 57.6. The average Bonchev–Trinajstić information content (AvgIpc) is 3.45. The van der Waals surface area contributed by atoms with E-state index >= 15 is 0 Å². The van der Waals surface area contributed by atoms with E-state index in [0.29, 0.717) is 6.42 Å². The highest BCUT2D eigenvalue weighted by Gasteiger charge is 2.53. The molecular formula is C60H105NO18. The fourth-order valence-electron chi connectivity index (χ4n) is 9.89. The van der Waals surface area contributed by atoms with Crippen molar-refractivity contribution in [3.8, 4) is 0 Å². The second kappa shape index (κ2) is 43.2. The molecular weight excluding hydrogens is 1020 g/mol. The van der Waals surface area contributed by atoms with Crippen LogP contribution in [0.25, 0.3) is 0 Å². The van der Waals surface area contributed by atoms with Gasteiger partial charge in [-0.25, -0.2) is 0 Å². The Labute approximate surface area is 471 Å². The molecule has 0 spiro atoms. The average molecular weight is 1130 g/mol. The Hall–Kier alpha value is -2.51. The lowest BCUT2D eigenvalue weighted by molar-refractivity contribution is -0.379. The molecule has 0 aromatic carbocycles. The maximum Gasteiger partial charge on any atom is 0.220 e. The molecule has 0 radical (unpaired) electrons. The summed E-state index contributed by atoms with van der Waals surface area (Å²) in [5, 5.41) is 120. The third-order valence-electron chi connectivity index (χ3n) is 14.8. The van der Waals surface area contributed by atoms with Crippen molar-refractivity contribution in [2.75, 3.05) is 26.4 Å². The van der Waals surface area contributed by atoms with Gasteiger partial charge >= 0.3 is 0 Å². The summed E-state index contributed by atoms with van der Waals surface area (Å²) < 4.78 is 34.2. The molecule has 1 amide bonds. The van der Waals surface area contributed by atoms with Gasteiger partial charge in [0.2, 0.25) is 5.91 Å². The molecule has 3 fully saturated rings. The highest BCUT2D eigenvalue weighted by molar-refractivity contribution is 5.76. The van der Waals surface area contributed by atoms with E-state index in [9.17, 15) is 61.0 Å². The van der Waals surface area contributed by atoms with E-state index in [1.165, 1.54) is 70.6 Å². The number of carbonyl (C=O) groups is 1. The molecule has 12 N–H and O–H groups in total. The fourth-order valence-corrected chi connectivity index (χ4v) is 9.89.